The topological polar surface area (TPSA) is 83.0 Å². The molecule has 8 heteroatoms. The summed E-state index contributed by atoms with van der Waals surface area (Å²) in [5, 5.41) is 3.00. The lowest BCUT2D eigenvalue weighted by Crippen LogP contribution is -2.50. The lowest BCUT2D eigenvalue weighted by Gasteiger charge is -2.26. The number of benzene rings is 1. The zero-order valence-corrected chi connectivity index (χ0v) is 12.6. The first kappa shape index (κ1) is 14.2. The molecule has 3 rings (SSSR count). The van der Waals surface area contributed by atoms with E-state index >= 15 is 0 Å². The van der Waals surface area contributed by atoms with Crippen LogP contribution in [0.1, 0.15) is 12.8 Å². The van der Waals surface area contributed by atoms with E-state index in [9.17, 15) is 8.42 Å². The molecule has 1 aromatic rings. The number of hydrogen-bond acceptors (Lipinski definition) is 6. The number of methoxy groups -OCH3 is 1. The first-order valence-electron chi connectivity index (χ1n) is 6.78. The third-order valence-corrected chi connectivity index (χ3v) is 4.88. The fraction of sp³-hybridized carbons (Fsp3) is 0.462. The maximum Gasteiger partial charge on any atom is 0.264 e. The number of nitrogens with zero attached hydrogens (tertiary/aromatic N) is 2. The predicted octanol–water partition coefficient (Wildman–Crippen LogP) is 0.312. The standard InChI is InChI=1S/C13H18N4O3S/c1-20-11-4-6-12(7-5-11)21(18,19)16-13-14-8-17(9-15-13)10-2-3-10/h4-7,10H,2-3,8-9H2,1H3,(H2,14,15,16). The van der Waals surface area contributed by atoms with Crippen molar-refractivity contribution in [3.63, 3.8) is 0 Å². The fourth-order valence-electron chi connectivity index (χ4n) is 2.14. The summed E-state index contributed by atoms with van der Waals surface area (Å²) < 4.78 is 32.0. The van der Waals surface area contributed by atoms with Crippen LogP contribution >= 0.6 is 0 Å². The molecule has 0 bridgehead atoms. The van der Waals surface area contributed by atoms with Crippen molar-refractivity contribution >= 4 is 16.0 Å². The van der Waals surface area contributed by atoms with Crippen molar-refractivity contribution in [1.29, 1.82) is 0 Å². The summed E-state index contributed by atoms with van der Waals surface area (Å²) in [6.45, 7) is 1.15. The van der Waals surface area contributed by atoms with E-state index in [1.165, 1.54) is 32.1 Å². The van der Waals surface area contributed by atoms with E-state index in [1.54, 1.807) is 12.1 Å². The van der Waals surface area contributed by atoms with Gasteiger partial charge in [0.25, 0.3) is 10.0 Å². The van der Waals surface area contributed by atoms with Crippen molar-refractivity contribution in [1.82, 2.24) is 14.9 Å². The van der Waals surface area contributed by atoms with Crippen LogP contribution in [0.4, 0.5) is 0 Å². The third kappa shape index (κ3) is 3.27. The molecule has 0 spiro atoms. The highest BCUT2D eigenvalue weighted by molar-refractivity contribution is 7.90. The molecule has 0 amide bonds. The molecule has 7 nitrogen and oxygen atoms in total. The van der Waals surface area contributed by atoms with Crippen LogP contribution < -0.4 is 14.8 Å². The van der Waals surface area contributed by atoms with Gasteiger partial charge in [0.1, 0.15) is 5.75 Å². The number of rotatable bonds is 4. The van der Waals surface area contributed by atoms with Gasteiger partial charge in [-0.05, 0) is 37.1 Å². The largest absolute Gasteiger partial charge is 0.497 e. The zero-order chi connectivity index (χ0) is 14.9. The molecule has 0 saturated heterocycles. The van der Waals surface area contributed by atoms with Crippen molar-refractivity contribution in [2.75, 3.05) is 20.4 Å². The highest BCUT2D eigenvalue weighted by atomic mass is 32.2. The van der Waals surface area contributed by atoms with Gasteiger partial charge < -0.3 is 10.1 Å². The molecule has 0 aromatic heterocycles. The quantitative estimate of drug-likeness (QED) is 0.836. The van der Waals surface area contributed by atoms with E-state index in [0.29, 0.717) is 31.1 Å². The number of hydrogen-bond donors (Lipinski definition) is 2. The summed E-state index contributed by atoms with van der Waals surface area (Å²) in [6.07, 6.45) is 2.40. The minimum Gasteiger partial charge on any atom is -0.497 e. The van der Waals surface area contributed by atoms with E-state index in [1.807, 2.05) is 0 Å². The van der Waals surface area contributed by atoms with Gasteiger partial charge in [0.2, 0.25) is 5.96 Å². The van der Waals surface area contributed by atoms with Crippen LogP contribution in [0.3, 0.4) is 0 Å². The van der Waals surface area contributed by atoms with Gasteiger partial charge in [-0.1, -0.05) is 0 Å². The van der Waals surface area contributed by atoms with Crippen LogP contribution in [-0.2, 0) is 10.0 Å². The molecule has 114 valence electrons. The Bertz CT molecular complexity index is 638. The zero-order valence-electron chi connectivity index (χ0n) is 11.7. The minimum absolute atomic E-state index is 0.178. The van der Waals surface area contributed by atoms with Crippen LogP contribution in [0.2, 0.25) is 0 Å². The third-order valence-electron chi connectivity index (χ3n) is 3.52. The summed E-state index contributed by atoms with van der Waals surface area (Å²) >= 11 is 0. The van der Waals surface area contributed by atoms with E-state index < -0.39 is 10.0 Å². The van der Waals surface area contributed by atoms with Crippen molar-refractivity contribution in [2.24, 2.45) is 4.99 Å². The van der Waals surface area contributed by atoms with Gasteiger partial charge in [-0.2, -0.15) is 0 Å². The van der Waals surface area contributed by atoms with Gasteiger partial charge in [0.05, 0.1) is 25.3 Å². The second-order valence-corrected chi connectivity index (χ2v) is 6.77. The Kier molecular flexibility index (Phi) is 3.73. The molecule has 2 N–H and O–H groups in total. The average molecular weight is 310 g/mol. The summed E-state index contributed by atoms with van der Waals surface area (Å²) in [4.78, 5) is 6.60. The summed E-state index contributed by atoms with van der Waals surface area (Å²) in [5.41, 5.74) is 0. The number of aliphatic imine (C=N–C) groups is 1. The molecule has 1 aliphatic carbocycles. The number of nitrogens with one attached hydrogen (secondary N) is 2. The lowest BCUT2D eigenvalue weighted by molar-refractivity contribution is 0.253. The Morgan fingerprint density at radius 3 is 2.57 bits per heavy atom. The molecular formula is C13H18N4O3S. The van der Waals surface area contributed by atoms with E-state index in [-0.39, 0.29) is 4.90 Å². The van der Waals surface area contributed by atoms with Crippen molar-refractivity contribution < 1.29 is 13.2 Å². The highest BCUT2D eigenvalue weighted by Crippen LogP contribution is 2.26. The van der Waals surface area contributed by atoms with Crippen molar-refractivity contribution in [3.05, 3.63) is 24.3 Å². The number of sulfonamides is 1. The Morgan fingerprint density at radius 2 is 2.05 bits per heavy atom. The van der Waals surface area contributed by atoms with E-state index in [0.717, 1.165) is 0 Å². The SMILES string of the molecule is COc1ccc(S(=O)(=O)NC2=NCN(C3CC3)CN2)cc1. The Hall–Kier alpha value is -1.80. The number of guanidine groups is 1. The van der Waals surface area contributed by atoms with Crippen LogP contribution in [0, 0.1) is 0 Å². The molecule has 2 aliphatic rings. The Labute approximate surface area is 124 Å². The second kappa shape index (κ2) is 5.53. The van der Waals surface area contributed by atoms with E-state index in [4.69, 9.17) is 4.74 Å². The van der Waals surface area contributed by atoms with Gasteiger partial charge in [-0.15, -0.1) is 0 Å². The fourth-order valence-corrected chi connectivity index (χ4v) is 3.14. The normalized spacial score (nSPS) is 19.6. The number of ether oxygens (including phenoxy) is 1. The maximum absolute atomic E-state index is 12.2. The van der Waals surface area contributed by atoms with Crippen LogP contribution in [0.15, 0.2) is 34.2 Å². The molecule has 1 aromatic carbocycles. The molecule has 1 heterocycles. The Balaban J connectivity index is 1.67. The van der Waals surface area contributed by atoms with Crippen molar-refractivity contribution in [3.8, 4) is 5.75 Å². The van der Waals surface area contributed by atoms with Gasteiger partial charge >= 0.3 is 0 Å². The van der Waals surface area contributed by atoms with E-state index in [2.05, 4.69) is 19.9 Å². The van der Waals surface area contributed by atoms with Gasteiger partial charge in [0, 0.05) is 6.04 Å². The monoisotopic (exact) mass is 310 g/mol. The molecule has 1 saturated carbocycles. The van der Waals surface area contributed by atoms with Gasteiger partial charge in [0.15, 0.2) is 0 Å². The second-order valence-electron chi connectivity index (χ2n) is 5.08. The molecule has 1 fully saturated rings. The first-order chi connectivity index (χ1) is 10.1. The van der Waals surface area contributed by atoms with Crippen LogP contribution in [0.5, 0.6) is 5.75 Å². The molecular weight excluding hydrogens is 292 g/mol. The average Bonchev–Trinajstić information content (AvgIpc) is 3.32. The summed E-state index contributed by atoms with van der Waals surface area (Å²) in [6, 6.07) is 6.82. The lowest BCUT2D eigenvalue weighted by atomic mass is 10.3. The molecule has 0 atom stereocenters. The smallest absolute Gasteiger partial charge is 0.264 e. The summed E-state index contributed by atoms with van der Waals surface area (Å²) in [7, 11) is -2.09. The molecule has 0 radical (unpaired) electrons. The van der Waals surface area contributed by atoms with Crippen LogP contribution in [-0.4, -0.2) is 45.8 Å². The van der Waals surface area contributed by atoms with Crippen molar-refractivity contribution in [2.45, 2.75) is 23.8 Å². The van der Waals surface area contributed by atoms with Crippen LogP contribution in [0.25, 0.3) is 0 Å². The maximum atomic E-state index is 12.2. The molecule has 21 heavy (non-hydrogen) atoms. The highest BCUT2D eigenvalue weighted by Gasteiger charge is 2.30. The predicted molar refractivity (Wildman–Crippen MR) is 78.5 cm³/mol. The van der Waals surface area contributed by atoms with Gasteiger partial charge in [-0.25, -0.2) is 18.1 Å². The minimum atomic E-state index is -3.62. The van der Waals surface area contributed by atoms with Gasteiger partial charge in [-0.3, -0.25) is 4.90 Å². The summed E-state index contributed by atoms with van der Waals surface area (Å²) in [5.74, 6) is 0.907. The first-order valence-corrected chi connectivity index (χ1v) is 8.26. The molecule has 0 unspecified atom stereocenters. The Morgan fingerprint density at radius 1 is 1.33 bits per heavy atom. The molecule has 1 aliphatic heterocycles.